The number of aromatic nitrogens is 3. The highest BCUT2D eigenvalue weighted by atomic mass is 35.5. The molecule has 0 amide bonds. The van der Waals surface area contributed by atoms with E-state index in [2.05, 4.69) is 25.1 Å². The summed E-state index contributed by atoms with van der Waals surface area (Å²) in [4.78, 5) is 18.1. The Morgan fingerprint density at radius 1 is 1.10 bits per heavy atom. The van der Waals surface area contributed by atoms with Gasteiger partial charge < -0.3 is 20.7 Å². The first kappa shape index (κ1) is 27.9. The van der Waals surface area contributed by atoms with Gasteiger partial charge in [-0.3, -0.25) is 4.90 Å². The van der Waals surface area contributed by atoms with E-state index < -0.39 is 17.8 Å². The second-order valence-corrected chi connectivity index (χ2v) is 12.9. The smallest absolute Gasteiger partial charge is 0.319 e. The van der Waals surface area contributed by atoms with Crippen molar-refractivity contribution < 1.29 is 17.9 Å². The number of ether oxygens (including phenoxy) is 1. The van der Waals surface area contributed by atoms with Crippen LogP contribution in [0.3, 0.4) is 0 Å². The van der Waals surface area contributed by atoms with Crippen molar-refractivity contribution in [2.75, 3.05) is 43.4 Å². The van der Waals surface area contributed by atoms with E-state index in [0.717, 1.165) is 37.3 Å². The molecule has 42 heavy (non-hydrogen) atoms. The molecule has 0 spiro atoms. The molecule has 4 aromatic rings. The number of piperidine rings is 1. The number of nitrogens with one attached hydrogen (secondary N) is 1. The highest BCUT2D eigenvalue weighted by molar-refractivity contribution is 7.22. The molecular weight excluding hydrogens is 587 g/mol. The van der Waals surface area contributed by atoms with Crippen LogP contribution in [0.25, 0.3) is 32.2 Å². The first-order chi connectivity index (χ1) is 20.3. The summed E-state index contributed by atoms with van der Waals surface area (Å²) in [7, 11) is 0. The molecule has 3 unspecified atom stereocenters. The average molecular weight is 618 g/mol. The number of alkyl halides is 1. The van der Waals surface area contributed by atoms with E-state index in [0.29, 0.717) is 49.2 Å². The molecule has 5 heterocycles. The highest BCUT2D eigenvalue weighted by Crippen LogP contribution is 2.44. The van der Waals surface area contributed by atoms with Gasteiger partial charge >= 0.3 is 6.01 Å². The van der Waals surface area contributed by atoms with Gasteiger partial charge in [-0.2, -0.15) is 9.97 Å². The standard InChI is InChI=1S/C29H31ClF3N7OS/c1-14(13-39-8-6-15(31)7-9-39)41-29-37-24-19(27(38-29)40-16-2-3-17(40)12-35-11-16)10-20(30)22(23(24)33)18-4-5-21(32)26-25(18)36-28(34)42-26/h4-5,10,14-17,35H,2-3,6-9,11-13H2,1H3,(H2,34,36). The van der Waals surface area contributed by atoms with Gasteiger partial charge in [0.15, 0.2) is 10.9 Å². The summed E-state index contributed by atoms with van der Waals surface area (Å²) in [5.41, 5.74) is 6.61. The zero-order chi connectivity index (χ0) is 29.1. The van der Waals surface area contributed by atoms with Gasteiger partial charge in [-0.05, 0) is 50.8 Å². The number of halogens is 4. The zero-order valence-electron chi connectivity index (χ0n) is 23.0. The van der Waals surface area contributed by atoms with Crippen molar-refractivity contribution in [2.45, 2.75) is 57.0 Å². The molecule has 3 aliphatic heterocycles. The molecule has 8 nitrogen and oxygen atoms in total. The van der Waals surface area contributed by atoms with Crippen LogP contribution in [0.15, 0.2) is 18.2 Å². The van der Waals surface area contributed by atoms with Crippen molar-refractivity contribution in [3.63, 3.8) is 0 Å². The number of hydrogen-bond donors (Lipinski definition) is 2. The molecule has 3 aliphatic rings. The van der Waals surface area contributed by atoms with Crippen LogP contribution in [-0.2, 0) is 0 Å². The number of thiazole rings is 1. The quantitative estimate of drug-likeness (QED) is 0.291. The Bertz CT molecular complexity index is 1650. The number of nitrogens with two attached hydrogens (primary N) is 1. The van der Waals surface area contributed by atoms with Gasteiger partial charge in [-0.15, -0.1) is 0 Å². The van der Waals surface area contributed by atoms with Crippen LogP contribution in [0.1, 0.15) is 32.6 Å². The SMILES string of the molecule is CC(CN1CCC(F)CC1)Oc1nc(N2C3CCC2CNC3)c2cc(Cl)c(-c3ccc(F)c4sc(N)nc34)c(F)c2n1. The maximum Gasteiger partial charge on any atom is 0.319 e. The molecule has 7 rings (SSSR count). The van der Waals surface area contributed by atoms with E-state index in [1.54, 1.807) is 6.07 Å². The Morgan fingerprint density at radius 3 is 2.57 bits per heavy atom. The predicted molar refractivity (Wildman–Crippen MR) is 160 cm³/mol. The van der Waals surface area contributed by atoms with Crippen LogP contribution in [0.5, 0.6) is 6.01 Å². The molecule has 3 N–H and O–H groups in total. The normalized spacial score (nSPS) is 22.4. The minimum atomic E-state index is -0.759. The lowest BCUT2D eigenvalue weighted by molar-refractivity contribution is 0.0965. The van der Waals surface area contributed by atoms with Crippen molar-refractivity contribution in [3.8, 4) is 17.1 Å². The Labute approximate surface area is 250 Å². The maximum atomic E-state index is 16.7. The van der Waals surface area contributed by atoms with Crippen LogP contribution in [0.2, 0.25) is 5.02 Å². The summed E-state index contributed by atoms with van der Waals surface area (Å²) in [6.07, 6.45) is 1.93. The molecule has 2 bridgehead atoms. The Balaban J connectivity index is 1.34. The fourth-order valence-electron chi connectivity index (χ4n) is 6.64. The van der Waals surface area contributed by atoms with Crippen LogP contribution in [0, 0.1) is 11.6 Å². The fraction of sp³-hybridized carbons (Fsp3) is 0.483. The van der Waals surface area contributed by atoms with Crippen molar-refractivity contribution >= 4 is 55.0 Å². The topological polar surface area (TPSA) is 92.4 Å². The first-order valence-electron chi connectivity index (χ1n) is 14.3. The minimum Gasteiger partial charge on any atom is -0.459 e. The molecule has 3 saturated heterocycles. The molecule has 3 fully saturated rings. The molecule has 2 aromatic carbocycles. The number of hydrogen-bond acceptors (Lipinski definition) is 9. The summed E-state index contributed by atoms with van der Waals surface area (Å²) in [6.45, 7) is 5.40. The van der Waals surface area contributed by atoms with Crippen LogP contribution in [0.4, 0.5) is 24.1 Å². The van der Waals surface area contributed by atoms with Gasteiger partial charge in [0, 0.05) is 61.3 Å². The molecular formula is C29H31ClF3N7OS. The van der Waals surface area contributed by atoms with E-state index in [-0.39, 0.29) is 55.6 Å². The van der Waals surface area contributed by atoms with Gasteiger partial charge in [-0.25, -0.2) is 18.2 Å². The van der Waals surface area contributed by atoms with E-state index in [9.17, 15) is 8.78 Å². The van der Waals surface area contributed by atoms with Crippen molar-refractivity contribution in [3.05, 3.63) is 34.9 Å². The number of likely N-dealkylation sites (tertiary alicyclic amines) is 1. The van der Waals surface area contributed by atoms with E-state index in [4.69, 9.17) is 27.1 Å². The van der Waals surface area contributed by atoms with Crippen LogP contribution in [-0.4, -0.2) is 76.9 Å². The van der Waals surface area contributed by atoms with Gasteiger partial charge in [0.05, 0.1) is 15.2 Å². The largest absolute Gasteiger partial charge is 0.459 e. The lowest BCUT2D eigenvalue weighted by Crippen LogP contribution is -2.52. The van der Waals surface area contributed by atoms with Gasteiger partial charge in [-0.1, -0.05) is 22.9 Å². The highest BCUT2D eigenvalue weighted by Gasteiger charge is 2.39. The van der Waals surface area contributed by atoms with Gasteiger partial charge in [0.2, 0.25) is 0 Å². The molecule has 0 radical (unpaired) electrons. The molecule has 3 atom stereocenters. The lowest BCUT2D eigenvalue weighted by Gasteiger charge is -2.37. The van der Waals surface area contributed by atoms with Crippen LogP contribution < -0.4 is 20.7 Å². The number of benzene rings is 2. The second kappa shape index (κ2) is 11.0. The predicted octanol–water partition coefficient (Wildman–Crippen LogP) is 5.56. The lowest BCUT2D eigenvalue weighted by atomic mass is 10.0. The molecule has 0 saturated carbocycles. The number of anilines is 2. The van der Waals surface area contributed by atoms with Crippen LogP contribution >= 0.6 is 22.9 Å². The van der Waals surface area contributed by atoms with Gasteiger partial charge in [0.1, 0.15) is 29.4 Å². The Morgan fingerprint density at radius 2 is 1.83 bits per heavy atom. The van der Waals surface area contributed by atoms with Crippen molar-refractivity contribution in [2.24, 2.45) is 0 Å². The van der Waals surface area contributed by atoms with E-state index in [1.807, 2.05) is 6.92 Å². The first-order valence-corrected chi connectivity index (χ1v) is 15.5. The summed E-state index contributed by atoms with van der Waals surface area (Å²) >= 11 is 7.79. The summed E-state index contributed by atoms with van der Waals surface area (Å²) < 4.78 is 51.3. The van der Waals surface area contributed by atoms with Gasteiger partial charge in [0.25, 0.3) is 0 Å². The number of piperazine rings is 1. The molecule has 0 aliphatic carbocycles. The molecule has 222 valence electrons. The monoisotopic (exact) mass is 617 g/mol. The minimum absolute atomic E-state index is 0.0673. The summed E-state index contributed by atoms with van der Waals surface area (Å²) in [6, 6.07) is 4.88. The van der Waals surface area contributed by atoms with E-state index in [1.165, 1.54) is 12.1 Å². The number of fused-ring (bicyclic) bond motifs is 4. The fourth-order valence-corrected chi connectivity index (χ4v) is 7.70. The number of nitrogen functional groups attached to an aromatic ring is 1. The Kier molecular flexibility index (Phi) is 7.28. The number of nitrogens with zero attached hydrogens (tertiary/aromatic N) is 5. The maximum absolute atomic E-state index is 16.7. The third-order valence-electron chi connectivity index (χ3n) is 8.59. The van der Waals surface area contributed by atoms with E-state index >= 15 is 4.39 Å². The van der Waals surface area contributed by atoms with Crippen molar-refractivity contribution in [1.29, 1.82) is 0 Å². The zero-order valence-corrected chi connectivity index (χ0v) is 24.6. The second-order valence-electron chi connectivity index (χ2n) is 11.5. The molecule has 2 aromatic heterocycles. The third-order valence-corrected chi connectivity index (χ3v) is 9.78. The number of rotatable bonds is 6. The summed E-state index contributed by atoms with van der Waals surface area (Å²) in [5, 5.41) is 4.28. The average Bonchev–Trinajstić information content (AvgIpc) is 3.47. The Hall–Kier alpha value is -2.93. The molecule has 13 heteroatoms. The summed E-state index contributed by atoms with van der Waals surface area (Å²) in [5.74, 6) is -0.561. The van der Waals surface area contributed by atoms with Crippen molar-refractivity contribution in [1.82, 2.24) is 25.2 Å². The third kappa shape index (κ3) is 4.91.